The first kappa shape index (κ1) is 18.9. The lowest BCUT2D eigenvalue weighted by Gasteiger charge is -2.35. The van der Waals surface area contributed by atoms with E-state index in [4.69, 9.17) is 0 Å². The van der Waals surface area contributed by atoms with Crippen LogP contribution in [0.1, 0.15) is 34.7 Å². The van der Waals surface area contributed by atoms with Gasteiger partial charge in [-0.15, -0.1) is 0 Å². The van der Waals surface area contributed by atoms with E-state index in [1.165, 1.54) is 0 Å². The molecule has 2 aromatic rings. The fraction of sp³-hybridized carbons (Fsp3) is 0.450. The molecule has 1 aromatic heterocycles. The monoisotopic (exact) mass is 369 g/mol. The number of aromatic nitrogens is 2. The van der Waals surface area contributed by atoms with E-state index in [2.05, 4.69) is 10.4 Å². The van der Waals surface area contributed by atoms with Gasteiger partial charge in [0.1, 0.15) is 0 Å². The highest BCUT2D eigenvalue weighted by Gasteiger charge is 2.25. The van der Waals surface area contributed by atoms with Crippen molar-refractivity contribution < 1.29 is 9.59 Å². The third-order valence-electron chi connectivity index (χ3n) is 4.89. The molecule has 7 heteroatoms. The number of hydrogen-bond acceptors (Lipinski definition) is 3. The first-order valence-corrected chi connectivity index (χ1v) is 9.35. The summed E-state index contributed by atoms with van der Waals surface area (Å²) < 4.78 is 1.94. The van der Waals surface area contributed by atoms with E-state index < -0.39 is 0 Å². The maximum atomic E-state index is 12.5. The second kappa shape index (κ2) is 8.24. The average Bonchev–Trinajstić information content (AvgIpc) is 3.04. The molecule has 0 unspecified atom stereocenters. The quantitative estimate of drug-likeness (QED) is 0.898. The van der Waals surface area contributed by atoms with Crippen molar-refractivity contribution in [1.29, 1.82) is 0 Å². The summed E-state index contributed by atoms with van der Waals surface area (Å²) in [5.74, 6) is 0.0220. The summed E-state index contributed by atoms with van der Waals surface area (Å²) in [5.41, 5.74) is 2.75. The fourth-order valence-corrected chi connectivity index (χ4v) is 3.40. The van der Waals surface area contributed by atoms with Gasteiger partial charge in [-0.2, -0.15) is 5.10 Å². The lowest BCUT2D eigenvalue weighted by atomic mass is 10.2. The second-order valence-electron chi connectivity index (χ2n) is 7.05. The van der Waals surface area contributed by atoms with Gasteiger partial charge in [0, 0.05) is 44.0 Å². The molecule has 0 saturated carbocycles. The standard InChI is InChI=1S/C20H27N5O2/c1-15-13-16(2)25(22-15)17(3)14-21-20(27)24-11-9-23(10-12-24)19(26)18-7-5-4-6-8-18/h4-8,13,17H,9-12,14H2,1-3H3,(H,21,27)/t17-/m0/s1. The number of benzene rings is 1. The summed E-state index contributed by atoms with van der Waals surface area (Å²) in [4.78, 5) is 28.5. The predicted molar refractivity (Wildman–Crippen MR) is 104 cm³/mol. The van der Waals surface area contributed by atoms with Gasteiger partial charge in [-0.05, 0) is 39.0 Å². The predicted octanol–water partition coefficient (Wildman–Crippen LogP) is 2.23. The highest BCUT2D eigenvalue weighted by atomic mass is 16.2. The summed E-state index contributed by atoms with van der Waals surface area (Å²) in [5, 5.41) is 7.45. The van der Waals surface area contributed by atoms with E-state index in [9.17, 15) is 9.59 Å². The van der Waals surface area contributed by atoms with E-state index in [-0.39, 0.29) is 18.0 Å². The minimum absolute atomic E-state index is 0.0220. The number of nitrogens with zero attached hydrogens (tertiary/aromatic N) is 4. The SMILES string of the molecule is Cc1cc(C)n([C@@H](C)CNC(=O)N2CCN(C(=O)c3ccccc3)CC2)n1. The molecule has 144 valence electrons. The molecular formula is C20H27N5O2. The van der Waals surface area contributed by atoms with Gasteiger partial charge in [0.2, 0.25) is 0 Å². The number of amides is 3. The zero-order chi connectivity index (χ0) is 19.4. The zero-order valence-corrected chi connectivity index (χ0v) is 16.2. The minimum Gasteiger partial charge on any atom is -0.336 e. The summed E-state index contributed by atoms with van der Waals surface area (Å²) in [6.07, 6.45) is 0. The van der Waals surface area contributed by atoms with Gasteiger partial charge in [-0.1, -0.05) is 18.2 Å². The van der Waals surface area contributed by atoms with Crippen LogP contribution in [0.2, 0.25) is 0 Å². The Morgan fingerprint density at radius 3 is 2.30 bits per heavy atom. The Morgan fingerprint density at radius 2 is 1.70 bits per heavy atom. The molecule has 3 rings (SSSR count). The summed E-state index contributed by atoms with van der Waals surface area (Å²) in [6.45, 7) is 8.71. The van der Waals surface area contributed by atoms with Crippen molar-refractivity contribution in [2.24, 2.45) is 0 Å². The number of nitrogens with one attached hydrogen (secondary N) is 1. The third kappa shape index (κ3) is 4.48. The highest BCUT2D eigenvalue weighted by Crippen LogP contribution is 2.11. The Kier molecular flexibility index (Phi) is 5.78. The van der Waals surface area contributed by atoms with Crippen LogP contribution in [0.15, 0.2) is 36.4 Å². The van der Waals surface area contributed by atoms with Gasteiger partial charge in [0.25, 0.3) is 5.91 Å². The van der Waals surface area contributed by atoms with Crippen LogP contribution in [0.4, 0.5) is 4.79 Å². The van der Waals surface area contributed by atoms with Crippen molar-refractivity contribution in [2.75, 3.05) is 32.7 Å². The molecule has 1 fully saturated rings. The van der Waals surface area contributed by atoms with Crippen molar-refractivity contribution >= 4 is 11.9 Å². The molecule has 1 N–H and O–H groups in total. The Morgan fingerprint density at radius 1 is 1.07 bits per heavy atom. The molecule has 1 aliphatic rings. The van der Waals surface area contributed by atoms with Crippen LogP contribution < -0.4 is 5.32 Å². The van der Waals surface area contributed by atoms with Gasteiger partial charge in [-0.25, -0.2) is 4.79 Å². The largest absolute Gasteiger partial charge is 0.336 e. The van der Waals surface area contributed by atoms with Crippen molar-refractivity contribution in [3.63, 3.8) is 0 Å². The molecule has 0 bridgehead atoms. The molecule has 0 radical (unpaired) electrons. The molecule has 3 amide bonds. The van der Waals surface area contributed by atoms with Gasteiger partial charge in [0.05, 0.1) is 11.7 Å². The Labute approximate surface area is 159 Å². The van der Waals surface area contributed by atoms with Gasteiger partial charge >= 0.3 is 6.03 Å². The maximum Gasteiger partial charge on any atom is 0.317 e. The van der Waals surface area contributed by atoms with Crippen molar-refractivity contribution in [2.45, 2.75) is 26.8 Å². The van der Waals surface area contributed by atoms with Gasteiger partial charge < -0.3 is 15.1 Å². The van der Waals surface area contributed by atoms with Crippen LogP contribution in [0, 0.1) is 13.8 Å². The lowest BCUT2D eigenvalue weighted by Crippen LogP contribution is -2.53. The van der Waals surface area contributed by atoms with E-state index in [1.807, 2.05) is 61.9 Å². The third-order valence-corrected chi connectivity index (χ3v) is 4.89. The van der Waals surface area contributed by atoms with E-state index in [0.29, 0.717) is 38.3 Å². The molecule has 1 aromatic carbocycles. The first-order chi connectivity index (χ1) is 13.0. The van der Waals surface area contributed by atoms with Crippen LogP contribution in [0.5, 0.6) is 0 Å². The van der Waals surface area contributed by atoms with E-state index in [1.54, 1.807) is 9.80 Å². The molecule has 1 atom stereocenters. The highest BCUT2D eigenvalue weighted by molar-refractivity contribution is 5.94. The topological polar surface area (TPSA) is 70.5 Å². The molecule has 0 aliphatic carbocycles. The normalized spacial score (nSPS) is 15.5. The van der Waals surface area contributed by atoms with Crippen molar-refractivity contribution in [3.05, 3.63) is 53.3 Å². The van der Waals surface area contributed by atoms with Gasteiger partial charge in [-0.3, -0.25) is 9.48 Å². The lowest BCUT2D eigenvalue weighted by molar-refractivity contribution is 0.0664. The molecular weight excluding hydrogens is 342 g/mol. The van der Waals surface area contributed by atoms with E-state index >= 15 is 0 Å². The molecule has 27 heavy (non-hydrogen) atoms. The van der Waals surface area contributed by atoms with Crippen LogP contribution in [-0.4, -0.2) is 64.2 Å². The van der Waals surface area contributed by atoms with Gasteiger partial charge in [0.15, 0.2) is 0 Å². The summed E-state index contributed by atoms with van der Waals surface area (Å²) >= 11 is 0. The number of urea groups is 1. The molecule has 7 nitrogen and oxygen atoms in total. The molecule has 2 heterocycles. The number of rotatable bonds is 4. The first-order valence-electron chi connectivity index (χ1n) is 9.35. The molecule has 1 aliphatic heterocycles. The molecule has 0 spiro atoms. The summed E-state index contributed by atoms with van der Waals surface area (Å²) in [6, 6.07) is 11.3. The molecule has 1 saturated heterocycles. The van der Waals surface area contributed by atoms with Crippen LogP contribution in [-0.2, 0) is 0 Å². The van der Waals surface area contributed by atoms with Crippen LogP contribution in [0.3, 0.4) is 0 Å². The maximum absolute atomic E-state index is 12.5. The van der Waals surface area contributed by atoms with E-state index in [0.717, 1.165) is 11.4 Å². The van der Waals surface area contributed by atoms with Crippen molar-refractivity contribution in [1.82, 2.24) is 24.9 Å². The Balaban J connectivity index is 1.47. The summed E-state index contributed by atoms with van der Waals surface area (Å²) in [7, 11) is 0. The Bertz CT molecular complexity index is 794. The second-order valence-corrected chi connectivity index (χ2v) is 7.05. The van der Waals surface area contributed by atoms with Crippen molar-refractivity contribution in [3.8, 4) is 0 Å². The number of carbonyl (C=O) groups is 2. The number of aryl methyl sites for hydroxylation is 2. The smallest absolute Gasteiger partial charge is 0.317 e. The average molecular weight is 369 g/mol. The zero-order valence-electron chi connectivity index (χ0n) is 16.2. The minimum atomic E-state index is -0.0878. The number of hydrogen-bond donors (Lipinski definition) is 1. The fourth-order valence-electron chi connectivity index (χ4n) is 3.40. The van der Waals surface area contributed by atoms with Crippen LogP contribution in [0.25, 0.3) is 0 Å². The number of carbonyl (C=O) groups excluding carboxylic acids is 2. The number of piperazine rings is 1. The van der Waals surface area contributed by atoms with Crippen LogP contribution >= 0.6 is 0 Å². The Hall–Kier alpha value is -2.83.